The monoisotopic (exact) mass is 375 g/mol. The smallest absolute Gasteiger partial charge is 0.303 e. The van der Waals surface area contributed by atoms with Gasteiger partial charge in [-0.05, 0) is 43.0 Å². The van der Waals surface area contributed by atoms with Crippen LogP contribution >= 0.6 is 11.8 Å². The minimum atomic E-state index is -0.881. The molecule has 0 unspecified atom stereocenters. The van der Waals surface area contributed by atoms with Gasteiger partial charge in [-0.1, -0.05) is 25.0 Å². The minimum Gasteiger partial charge on any atom is -0.491 e. The Morgan fingerprint density at radius 1 is 1.31 bits per heavy atom. The Kier molecular flexibility index (Phi) is 6.50. The van der Waals surface area contributed by atoms with Crippen LogP contribution in [0.3, 0.4) is 0 Å². The zero-order chi connectivity index (χ0) is 18.4. The van der Waals surface area contributed by atoms with Gasteiger partial charge in [-0.2, -0.15) is 0 Å². The summed E-state index contributed by atoms with van der Waals surface area (Å²) in [6.07, 6.45) is 7.08. The Balaban J connectivity index is 1.71. The predicted molar refractivity (Wildman–Crippen MR) is 100 cm³/mol. The number of ether oxygens (including phenoxy) is 1. The molecule has 4 nitrogen and oxygen atoms in total. The Morgan fingerprint density at radius 3 is 2.85 bits per heavy atom. The highest BCUT2D eigenvalue weighted by molar-refractivity contribution is 8.00. The first kappa shape index (κ1) is 18.7. The van der Waals surface area contributed by atoms with Crippen molar-refractivity contribution in [1.82, 2.24) is 4.98 Å². The number of carbonyl (C=O) groups is 1. The molecule has 1 fully saturated rings. The van der Waals surface area contributed by atoms with Crippen LogP contribution in [0.15, 0.2) is 41.6 Å². The molecule has 138 valence electrons. The summed E-state index contributed by atoms with van der Waals surface area (Å²) >= 11 is 1.78. The lowest BCUT2D eigenvalue weighted by atomic mass is 10.1. The topological polar surface area (TPSA) is 59.4 Å². The van der Waals surface area contributed by atoms with Gasteiger partial charge in [0.15, 0.2) is 11.6 Å². The van der Waals surface area contributed by atoms with E-state index in [-0.39, 0.29) is 18.8 Å². The van der Waals surface area contributed by atoms with E-state index in [0.29, 0.717) is 11.7 Å². The summed E-state index contributed by atoms with van der Waals surface area (Å²) in [5.41, 5.74) is 1.70. The van der Waals surface area contributed by atoms with Gasteiger partial charge < -0.3 is 9.84 Å². The predicted octanol–water partition coefficient (Wildman–Crippen LogP) is 5.17. The van der Waals surface area contributed by atoms with Crippen LogP contribution < -0.4 is 4.74 Å². The fourth-order valence-corrected chi connectivity index (χ4v) is 4.38. The molecule has 0 radical (unpaired) electrons. The van der Waals surface area contributed by atoms with Crippen molar-refractivity contribution in [3.63, 3.8) is 0 Å². The zero-order valence-corrected chi connectivity index (χ0v) is 15.3. The minimum absolute atomic E-state index is 0.0110. The molecule has 1 aromatic heterocycles. The second kappa shape index (κ2) is 9.03. The van der Waals surface area contributed by atoms with Crippen molar-refractivity contribution >= 4 is 17.7 Å². The van der Waals surface area contributed by atoms with Crippen molar-refractivity contribution in [3.05, 3.63) is 42.3 Å². The Hall–Kier alpha value is -2.08. The van der Waals surface area contributed by atoms with Gasteiger partial charge in [-0.15, -0.1) is 11.8 Å². The fourth-order valence-electron chi connectivity index (χ4n) is 3.06. The lowest BCUT2D eigenvalue weighted by molar-refractivity contribution is -0.137. The number of benzene rings is 1. The molecule has 0 amide bonds. The van der Waals surface area contributed by atoms with Gasteiger partial charge in [-0.25, -0.2) is 9.37 Å². The van der Waals surface area contributed by atoms with Gasteiger partial charge in [0, 0.05) is 23.4 Å². The molecule has 1 aliphatic rings. The lowest BCUT2D eigenvalue weighted by Crippen LogP contribution is -2.03. The highest BCUT2D eigenvalue weighted by atomic mass is 32.2. The molecule has 2 aromatic rings. The lowest BCUT2D eigenvalue weighted by Gasteiger charge is -2.13. The van der Waals surface area contributed by atoms with Crippen LogP contribution in [-0.2, 0) is 4.79 Å². The molecule has 1 aliphatic carbocycles. The van der Waals surface area contributed by atoms with Crippen molar-refractivity contribution in [2.75, 3.05) is 6.61 Å². The molecule has 0 spiro atoms. The number of aliphatic carboxylic acids is 1. The van der Waals surface area contributed by atoms with Crippen molar-refractivity contribution in [3.8, 4) is 16.9 Å². The number of aromatic nitrogens is 1. The van der Waals surface area contributed by atoms with E-state index < -0.39 is 11.8 Å². The molecule has 0 bridgehead atoms. The average molecular weight is 375 g/mol. The molecular weight excluding hydrogens is 353 g/mol. The van der Waals surface area contributed by atoms with Gasteiger partial charge >= 0.3 is 5.97 Å². The highest BCUT2D eigenvalue weighted by Gasteiger charge is 2.19. The molecule has 1 saturated carbocycles. The number of thioether (sulfide) groups is 1. The number of halogens is 1. The summed E-state index contributed by atoms with van der Waals surface area (Å²) in [6, 6.07) is 8.71. The normalized spacial score (nSPS) is 14.5. The molecule has 3 rings (SSSR count). The molecule has 1 heterocycles. The van der Waals surface area contributed by atoms with Gasteiger partial charge in [0.2, 0.25) is 0 Å². The SMILES string of the molecule is O=C(O)CCCOc1ccc(-c2cccnc2SC2CCCC2)cc1F. The molecule has 0 atom stereocenters. The third-order valence-corrected chi connectivity index (χ3v) is 5.74. The largest absolute Gasteiger partial charge is 0.491 e. The van der Waals surface area contributed by atoms with Gasteiger partial charge in [0.25, 0.3) is 0 Å². The number of carboxylic acid groups (broad SMARTS) is 1. The number of pyridine rings is 1. The summed E-state index contributed by atoms with van der Waals surface area (Å²) in [7, 11) is 0. The standard InChI is InChI=1S/C20H22FNO3S/c21-17-13-14(9-10-18(17)25-12-4-8-19(23)24)16-7-3-11-22-20(16)26-15-5-1-2-6-15/h3,7,9-11,13,15H,1-2,4-6,8,12H2,(H,23,24). The maximum atomic E-state index is 14.4. The Bertz CT molecular complexity index is 762. The number of nitrogens with zero attached hydrogens (tertiary/aromatic N) is 1. The molecule has 0 saturated heterocycles. The van der Waals surface area contributed by atoms with Crippen molar-refractivity contribution < 1.29 is 19.0 Å². The maximum absolute atomic E-state index is 14.4. The fraction of sp³-hybridized carbons (Fsp3) is 0.400. The maximum Gasteiger partial charge on any atom is 0.303 e. The molecular formula is C20H22FNO3S. The van der Waals surface area contributed by atoms with Crippen LogP contribution in [-0.4, -0.2) is 27.9 Å². The van der Waals surface area contributed by atoms with Crippen molar-refractivity contribution in [1.29, 1.82) is 0 Å². The number of hydrogen-bond donors (Lipinski definition) is 1. The van der Waals surface area contributed by atoms with E-state index in [4.69, 9.17) is 9.84 Å². The first-order chi connectivity index (χ1) is 12.6. The van der Waals surface area contributed by atoms with Crippen molar-refractivity contribution in [2.45, 2.75) is 48.8 Å². The van der Waals surface area contributed by atoms with Crippen LogP contribution in [0, 0.1) is 5.82 Å². The first-order valence-corrected chi connectivity index (χ1v) is 9.77. The third kappa shape index (κ3) is 4.97. The van der Waals surface area contributed by atoms with Crippen LogP contribution in [0.2, 0.25) is 0 Å². The second-order valence-corrected chi connectivity index (χ2v) is 7.66. The second-order valence-electron chi connectivity index (χ2n) is 6.37. The van der Waals surface area contributed by atoms with E-state index >= 15 is 0 Å². The third-order valence-electron chi connectivity index (χ3n) is 4.39. The molecule has 0 aliphatic heterocycles. The van der Waals surface area contributed by atoms with E-state index in [2.05, 4.69) is 4.98 Å². The number of hydrogen-bond acceptors (Lipinski definition) is 4. The molecule has 1 aromatic carbocycles. The Labute approximate surface area is 156 Å². The molecule has 6 heteroatoms. The summed E-state index contributed by atoms with van der Waals surface area (Å²) in [5, 5.41) is 10.1. The van der Waals surface area contributed by atoms with Crippen LogP contribution in [0.4, 0.5) is 4.39 Å². The van der Waals surface area contributed by atoms with Crippen molar-refractivity contribution in [2.24, 2.45) is 0 Å². The van der Waals surface area contributed by atoms with E-state index in [9.17, 15) is 9.18 Å². The van der Waals surface area contributed by atoms with Crippen LogP contribution in [0.1, 0.15) is 38.5 Å². The van der Waals surface area contributed by atoms with Gasteiger partial charge in [0.1, 0.15) is 5.03 Å². The number of rotatable bonds is 8. The zero-order valence-electron chi connectivity index (χ0n) is 14.5. The van der Waals surface area contributed by atoms with E-state index in [1.54, 1.807) is 24.0 Å². The summed E-state index contributed by atoms with van der Waals surface area (Å²) in [4.78, 5) is 15.0. The van der Waals surface area contributed by atoms with Crippen LogP contribution in [0.5, 0.6) is 5.75 Å². The highest BCUT2D eigenvalue weighted by Crippen LogP contribution is 2.38. The van der Waals surface area contributed by atoms with E-state index in [1.807, 2.05) is 18.2 Å². The van der Waals surface area contributed by atoms with Gasteiger partial charge in [-0.3, -0.25) is 4.79 Å². The van der Waals surface area contributed by atoms with E-state index in [0.717, 1.165) is 16.2 Å². The summed E-state index contributed by atoms with van der Waals surface area (Å²) < 4.78 is 19.7. The van der Waals surface area contributed by atoms with E-state index in [1.165, 1.54) is 31.7 Å². The molecule has 26 heavy (non-hydrogen) atoms. The van der Waals surface area contributed by atoms with Gasteiger partial charge in [0.05, 0.1) is 6.61 Å². The summed E-state index contributed by atoms with van der Waals surface area (Å²) in [5.74, 6) is -1.18. The van der Waals surface area contributed by atoms with Crippen LogP contribution in [0.25, 0.3) is 11.1 Å². The number of carboxylic acids is 1. The average Bonchev–Trinajstić information content (AvgIpc) is 3.13. The summed E-state index contributed by atoms with van der Waals surface area (Å²) in [6.45, 7) is 0.179. The first-order valence-electron chi connectivity index (χ1n) is 8.89. The quantitative estimate of drug-likeness (QED) is 0.645. The molecule has 1 N–H and O–H groups in total. The Morgan fingerprint density at radius 2 is 2.12 bits per heavy atom.